The van der Waals surface area contributed by atoms with Crippen molar-refractivity contribution in [3.63, 3.8) is 0 Å². The van der Waals surface area contributed by atoms with Gasteiger partial charge < -0.3 is 29.6 Å². The zero-order chi connectivity index (χ0) is 31.6. The number of rotatable bonds is 11. The van der Waals surface area contributed by atoms with E-state index >= 15 is 0 Å². The monoisotopic (exact) mass is 634 g/mol. The largest absolute Gasteiger partial charge is 0.488 e. The number of carboxylic acid groups (broad SMARTS) is 1. The third-order valence-corrected chi connectivity index (χ3v) is 7.82. The van der Waals surface area contributed by atoms with Gasteiger partial charge in [0.1, 0.15) is 18.2 Å². The van der Waals surface area contributed by atoms with E-state index in [9.17, 15) is 19.1 Å². The average Bonchev–Trinajstić information content (AvgIpc) is 3.76. The van der Waals surface area contributed by atoms with Crippen molar-refractivity contribution in [3.8, 4) is 28.8 Å². The number of carbonyl (C=O) groups is 2. The maximum absolute atomic E-state index is 14.5. The zero-order valence-corrected chi connectivity index (χ0v) is 24.9. The van der Waals surface area contributed by atoms with Crippen molar-refractivity contribution in [3.05, 3.63) is 76.5 Å². The van der Waals surface area contributed by atoms with E-state index < -0.39 is 22.9 Å². The molecule has 6 rings (SSSR count). The molecule has 4 heterocycles. The highest BCUT2D eigenvalue weighted by atomic mass is 32.1. The highest BCUT2D eigenvalue weighted by Crippen LogP contribution is 2.41. The third kappa shape index (κ3) is 6.66. The van der Waals surface area contributed by atoms with E-state index in [0.717, 1.165) is 23.3 Å². The maximum atomic E-state index is 14.5. The second-order valence-corrected chi connectivity index (χ2v) is 11.3. The van der Waals surface area contributed by atoms with Gasteiger partial charge in [-0.2, -0.15) is 0 Å². The lowest BCUT2D eigenvalue weighted by Crippen LogP contribution is -2.47. The van der Waals surface area contributed by atoms with Crippen molar-refractivity contribution in [2.24, 2.45) is 0 Å². The van der Waals surface area contributed by atoms with E-state index in [-0.39, 0.29) is 36.3 Å². The number of carboxylic acids is 1. The van der Waals surface area contributed by atoms with E-state index in [1.165, 1.54) is 17.4 Å². The summed E-state index contributed by atoms with van der Waals surface area (Å²) in [5.41, 5.74) is 0.932. The lowest BCUT2D eigenvalue weighted by Gasteiger charge is -2.37. The predicted octanol–water partition coefficient (Wildman–Crippen LogP) is 4.19. The van der Waals surface area contributed by atoms with Gasteiger partial charge in [0, 0.05) is 43.1 Å². The fourth-order valence-electron chi connectivity index (χ4n) is 5.03. The Kier molecular flexibility index (Phi) is 8.23. The molecule has 1 aliphatic rings. The van der Waals surface area contributed by atoms with Crippen LogP contribution < -0.4 is 20.1 Å². The number of hydrogen-bond acceptors (Lipinski definition) is 12. The number of amides is 1. The summed E-state index contributed by atoms with van der Waals surface area (Å²) in [7, 11) is 0. The van der Waals surface area contributed by atoms with Crippen molar-refractivity contribution >= 4 is 28.3 Å². The molecule has 1 atom stereocenters. The molecule has 3 aromatic heterocycles. The summed E-state index contributed by atoms with van der Waals surface area (Å²) in [5.74, 6) is -1.18. The van der Waals surface area contributed by atoms with Crippen LogP contribution in [0.25, 0.3) is 11.6 Å². The number of aromatic carboxylic acids is 1. The molecule has 0 saturated carbocycles. The van der Waals surface area contributed by atoms with Crippen LogP contribution in [0.5, 0.6) is 17.2 Å². The van der Waals surface area contributed by atoms with E-state index in [1.54, 1.807) is 35.4 Å². The van der Waals surface area contributed by atoms with Gasteiger partial charge in [0.25, 0.3) is 5.89 Å². The molecule has 2 aromatic carbocycles. The van der Waals surface area contributed by atoms with E-state index in [0.29, 0.717) is 42.0 Å². The summed E-state index contributed by atoms with van der Waals surface area (Å²) in [6.07, 6.45) is 4.04. The number of carbonyl (C=O) groups excluding carboxylic acids is 1. The van der Waals surface area contributed by atoms with Crippen LogP contribution in [-0.4, -0.2) is 60.3 Å². The van der Waals surface area contributed by atoms with E-state index in [1.807, 2.05) is 13.0 Å². The molecule has 14 nitrogen and oxygen atoms in total. The summed E-state index contributed by atoms with van der Waals surface area (Å²) in [5, 5.41) is 33.7. The highest BCUT2D eigenvalue weighted by molar-refractivity contribution is 7.13. The molecule has 3 N–H and O–H groups in total. The summed E-state index contributed by atoms with van der Waals surface area (Å²) >= 11 is 1.33. The highest BCUT2D eigenvalue weighted by Gasteiger charge is 2.35. The second kappa shape index (κ2) is 12.4. The smallest absolute Gasteiger partial charge is 0.338 e. The normalized spacial score (nSPS) is 15.8. The Morgan fingerprint density at radius 1 is 1.22 bits per heavy atom. The Bertz CT molecular complexity index is 1860. The van der Waals surface area contributed by atoms with Crippen LogP contribution in [0.4, 0.5) is 9.52 Å². The Balaban J connectivity index is 1.26. The van der Waals surface area contributed by atoms with Crippen LogP contribution in [0.1, 0.15) is 40.7 Å². The molecule has 1 amide bonds. The second-order valence-electron chi connectivity index (χ2n) is 10.4. The molecule has 1 aliphatic heterocycles. The van der Waals surface area contributed by atoms with Crippen LogP contribution in [0.15, 0.2) is 52.5 Å². The predicted molar refractivity (Wildman–Crippen MR) is 158 cm³/mol. The Morgan fingerprint density at radius 3 is 2.82 bits per heavy atom. The third-order valence-electron chi connectivity index (χ3n) is 7.13. The molecule has 0 saturated heterocycles. The minimum atomic E-state index is -1.39. The zero-order valence-electron chi connectivity index (χ0n) is 24.1. The van der Waals surface area contributed by atoms with Gasteiger partial charge in [-0.15, -0.1) is 26.6 Å². The van der Waals surface area contributed by atoms with Crippen LogP contribution in [0.2, 0.25) is 0 Å². The number of ether oxygens (including phenoxy) is 2. The molecule has 0 bridgehead atoms. The molecule has 0 unspecified atom stereocenters. The molecular weight excluding hydrogens is 607 g/mol. The SMILES string of the molecule is Cc1nnc(-c2cn(CCOc3cc4c(cc3Oc3ccc(C(=O)O)c(F)c3)[C@@](C)(CC(=O)Nc3nccs3)NCC4)nn2)o1. The molecule has 0 radical (unpaired) electrons. The van der Waals surface area contributed by atoms with Gasteiger partial charge in [-0.25, -0.2) is 18.9 Å². The van der Waals surface area contributed by atoms with Crippen molar-refractivity contribution in [2.75, 3.05) is 18.5 Å². The first kappa shape index (κ1) is 29.8. The number of nitrogens with one attached hydrogen (secondary N) is 2. The van der Waals surface area contributed by atoms with Crippen molar-refractivity contribution < 1.29 is 33.0 Å². The number of fused-ring (bicyclic) bond motifs is 1. The number of halogens is 1. The fraction of sp³-hybridized carbons (Fsp3) is 0.276. The number of benzene rings is 2. The number of thiazole rings is 1. The molecule has 16 heteroatoms. The quantitative estimate of drug-likeness (QED) is 0.189. The van der Waals surface area contributed by atoms with E-state index in [2.05, 4.69) is 36.1 Å². The van der Waals surface area contributed by atoms with Gasteiger partial charge in [-0.1, -0.05) is 5.21 Å². The number of hydrogen-bond donors (Lipinski definition) is 3. The lowest BCUT2D eigenvalue weighted by atomic mass is 9.81. The van der Waals surface area contributed by atoms with Crippen LogP contribution in [-0.2, 0) is 23.3 Å². The van der Waals surface area contributed by atoms with Gasteiger partial charge in [0.05, 0.1) is 18.3 Å². The topological polar surface area (TPSA) is 179 Å². The molecular formula is C29H27FN8O6S. The summed E-state index contributed by atoms with van der Waals surface area (Å²) in [4.78, 5) is 28.4. The minimum Gasteiger partial charge on any atom is -0.488 e. The Labute approximate surface area is 259 Å². The minimum absolute atomic E-state index is 0.0741. The van der Waals surface area contributed by atoms with Crippen LogP contribution in [0, 0.1) is 12.7 Å². The van der Waals surface area contributed by atoms with Gasteiger partial charge in [-0.05, 0) is 48.7 Å². The summed E-state index contributed by atoms with van der Waals surface area (Å²) in [6.45, 7) is 4.70. The van der Waals surface area contributed by atoms with Crippen LogP contribution >= 0.6 is 11.3 Å². The molecule has 5 aromatic rings. The fourth-order valence-corrected chi connectivity index (χ4v) is 5.57. The molecule has 45 heavy (non-hydrogen) atoms. The van der Waals surface area contributed by atoms with Crippen molar-refractivity contribution in [1.82, 2.24) is 35.5 Å². The van der Waals surface area contributed by atoms with Crippen molar-refractivity contribution in [2.45, 2.75) is 38.8 Å². The molecule has 232 valence electrons. The first-order valence-corrected chi connectivity index (χ1v) is 14.7. The maximum Gasteiger partial charge on any atom is 0.338 e. The van der Waals surface area contributed by atoms with Crippen molar-refractivity contribution in [1.29, 1.82) is 0 Å². The Hall–Kier alpha value is -5.22. The lowest BCUT2D eigenvalue weighted by molar-refractivity contribution is -0.117. The first-order chi connectivity index (χ1) is 21.7. The molecule has 0 spiro atoms. The van der Waals surface area contributed by atoms with Gasteiger partial charge in [-0.3, -0.25) is 4.79 Å². The number of aromatic nitrogens is 6. The Morgan fingerprint density at radius 2 is 2.09 bits per heavy atom. The number of aryl methyl sites for hydroxylation is 1. The molecule has 0 aliphatic carbocycles. The van der Waals surface area contributed by atoms with Gasteiger partial charge >= 0.3 is 5.97 Å². The van der Waals surface area contributed by atoms with Gasteiger partial charge in [0.15, 0.2) is 22.3 Å². The number of nitrogens with zero attached hydrogens (tertiary/aromatic N) is 6. The van der Waals surface area contributed by atoms with Gasteiger partial charge in [0.2, 0.25) is 11.8 Å². The first-order valence-electron chi connectivity index (χ1n) is 13.8. The van der Waals surface area contributed by atoms with E-state index in [4.69, 9.17) is 13.9 Å². The van der Waals surface area contributed by atoms with Crippen LogP contribution in [0.3, 0.4) is 0 Å². The average molecular weight is 635 g/mol. The summed E-state index contributed by atoms with van der Waals surface area (Å²) < 4.78 is 33.7. The number of anilines is 1. The molecule has 0 fully saturated rings. The summed E-state index contributed by atoms with van der Waals surface area (Å²) in [6, 6.07) is 7.11. The standard InChI is InChI=1S/C29H27FN8O6S/c1-16-34-36-26(43-16)22-15-38(37-35-22)8-9-42-23-11-17-5-6-32-29(2,14-25(39)33-28-31-7-10-45-28)20(17)13-24(23)44-18-3-4-19(27(40)41)21(30)12-18/h3-4,7,10-13,15,32H,5-6,8-9,14H2,1-2H3,(H,40,41)(H,31,33,39)/t29-/m1/s1.